The van der Waals surface area contributed by atoms with Crippen molar-refractivity contribution in [2.45, 2.75) is 26.3 Å². The number of para-hydroxylation sites is 2. The summed E-state index contributed by atoms with van der Waals surface area (Å²) in [5, 5.41) is 3.58. The highest BCUT2D eigenvalue weighted by Crippen LogP contribution is 2.25. The lowest BCUT2D eigenvalue weighted by Gasteiger charge is -2.37. The molecule has 1 fully saturated rings. The number of nitrogens with one attached hydrogen (secondary N) is 1. The maximum Gasteiger partial charge on any atom is 0.161 e. The third kappa shape index (κ3) is 4.61. The molecule has 1 aromatic rings. The van der Waals surface area contributed by atoms with Gasteiger partial charge in [0.25, 0.3) is 0 Å². The highest BCUT2D eigenvalue weighted by atomic mass is 16.5. The highest BCUT2D eigenvalue weighted by Gasteiger charge is 2.24. The Morgan fingerprint density at radius 3 is 2.71 bits per heavy atom. The van der Waals surface area contributed by atoms with E-state index in [0.717, 1.165) is 37.7 Å². The molecule has 2 atom stereocenters. The van der Waals surface area contributed by atoms with Crippen molar-refractivity contribution < 1.29 is 9.47 Å². The Morgan fingerprint density at radius 2 is 2.05 bits per heavy atom. The quantitative estimate of drug-likeness (QED) is 0.837. The summed E-state index contributed by atoms with van der Waals surface area (Å²) >= 11 is 0. The van der Waals surface area contributed by atoms with Crippen molar-refractivity contribution in [1.29, 1.82) is 0 Å². The van der Waals surface area contributed by atoms with Crippen molar-refractivity contribution in [3.8, 4) is 11.5 Å². The van der Waals surface area contributed by atoms with Gasteiger partial charge in [-0.25, -0.2) is 0 Å². The van der Waals surface area contributed by atoms with Gasteiger partial charge >= 0.3 is 0 Å². The molecule has 2 rings (SSSR count). The second-order valence-electron chi connectivity index (χ2n) is 5.73. The Morgan fingerprint density at radius 1 is 1.29 bits per heavy atom. The van der Waals surface area contributed by atoms with E-state index in [4.69, 9.17) is 9.47 Å². The van der Waals surface area contributed by atoms with E-state index in [2.05, 4.69) is 24.1 Å². The average Bonchev–Trinajstić information content (AvgIpc) is 2.50. The summed E-state index contributed by atoms with van der Waals surface area (Å²) in [6.45, 7) is 9.55. The Hall–Kier alpha value is -1.26. The van der Waals surface area contributed by atoms with Crippen LogP contribution in [0, 0.1) is 5.92 Å². The molecule has 1 aromatic carbocycles. The largest absolute Gasteiger partial charge is 0.493 e. The first-order valence-electron chi connectivity index (χ1n) is 7.96. The van der Waals surface area contributed by atoms with E-state index in [0.29, 0.717) is 18.6 Å². The van der Waals surface area contributed by atoms with Gasteiger partial charge < -0.3 is 14.8 Å². The van der Waals surface area contributed by atoms with Crippen molar-refractivity contribution in [3.05, 3.63) is 24.3 Å². The van der Waals surface area contributed by atoms with Crippen LogP contribution in [-0.2, 0) is 0 Å². The zero-order valence-corrected chi connectivity index (χ0v) is 13.5. The van der Waals surface area contributed by atoms with E-state index in [9.17, 15) is 0 Å². The summed E-state index contributed by atoms with van der Waals surface area (Å²) in [6, 6.07) is 8.49. The summed E-state index contributed by atoms with van der Waals surface area (Å²) in [5.41, 5.74) is 0. The van der Waals surface area contributed by atoms with Gasteiger partial charge in [-0.15, -0.1) is 0 Å². The number of methoxy groups -OCH3 is 1. The summed E-state index contributed by atoms with van der Waals surface area (Å²) in [7, 11) is 1.68. The van der Waals surface area contributed by atoms with Crippen LogP contribution in [0.2, 0.25) is 0 Å². The van der Waals surface area contributed by atoms with E-state index in [-0.39, 0.29) is 0 Å². The zero-order valence-electron chi connectivity index (χ0n) is 13.5. The third-order valence-corrected chi connectivity index (χ3v) is 4.19. The average molecular weight is 292 g/mol. The van der Waals surface area contributed by atoms with E-state index in [1.807, 2.05) is 24.3 Å². The zero-order chi connectivity index (χ0) is 15.1. The second kappa shape index (κ2) is 8.25. The van der Waals surface area contributed by atoms with Gasteiger partial charge in [-0.3, -0.25) is 4.90 Å². The van der Waals surface area contributed by atoms with Crippen LogP contribution in [0.3, 0.4) is 0 Å². The fourth-order valence-corrected chi connectivity index (χ4v) is 3.02. The SMILES string of the molecule is CCNC1CCN(CCOc2ccccc2OC)CC1C. The van der Waals surface area contributed by atoms with E-state index < -0.39 is 0 Å². The van der Waals surface area contributed by atoms with E-state index in [1.165, 1.54) is 6.42 Å². The van der Waals surface area contributed by atoms with Gasteiger partial charge in [0.1, 0.15) is 6.61 Å². The molecular weight excluding hydrogens is 264 g/mol. The van der Waals surface area contributed by atoms with Crippen molar-refractivity contribution in [3.63, 3.8) is 0 Å². The van der Waals surface area contributed by atoms with Gasteiger partial charge in [0.15, 0.2) is 11.5 Å². The minimum Gasteiger partial charge on any atom is -0.493 e. The molecule has 0 amide bonds. The number of benzene rings is 1. The second-order valence-corrected chi connectivity index (χ2v) is 5.73. The minimum atomic E-state index is 0.668. The predicted molar refractivity (Wildman–Crippen MR) is 86.2 cm³/mol. The standard InChI is InChI=1S/C17H28N2O2/c1-4-18-15-9-10-19(13-14(15)2)11-12-21-17-8-6-5-7-16(17)20-3/h5-8,14-15,18H,4,9-13H2,1-3H3. The van der Waals surface area contributed by atoms with Crippen molar-refractivity contribution in [1.82, 2.24) is 10.2 Å². The first-order chi connectivity index (χ1) is 10.2. The molecule has 4 nitrogen and oxygen atoms in total. The molecule has 0 spiro atoms. The predicted octanol–water partition coefficient (Wildman–Crippen LogP) is 2.39. The molecular formula is C17H28N2O2. The molecule has 1 aliphatic heterocycles. The number of hydrogen-bond donors (Lipinski definition) is 1. The molecule has 0 aliphatic carbocycles. The number of likely N-dealkylation sites (tertiary alicyclic amines) is 1. The normalized spacial score (nSPS) is 23.0. The van der Waals surface area contributed by atoms with Gasteiger partial charge in [-0.05, 0) is 37.6 Å². The molecule has 0 aromatic heterocycles. The molecule has 0 saturated carbocycles. The van der Waals surface area contributed by atoms with E-state index in [1.54, 1.807) is 7.11 Å². The van der Waals surface area contributed by atoms with Crippen LogP contribution in [0.4, 0.5) is 0 Å². The maximum atomic E-state index is 5.86. The maximum absolute atomic E-state index is 5.86. The molecule has 1 saturated heterocycles. The van der Waals surface area contributed by atoms with Crippen LogP contribution in [0.25, 0.3) is 0 Å². The monoisotopic (exact) mass is 292 g/mol. The summed E-state index contributed by atoms with van der Waals surface area (Å²) in [4.78, 5) is 2.49. The summed E-state index contributed by atoms with van der Waals surface area (Å²) in [6.07, 6.45) is 1.23. The topological polar surface area (TPSA) is 33.7 Å². The highest BCUT2D eigenvalue weighted by molar-refractivity contribution is 5.39. The molecule has 4 heteroatoms. The molecule has 0 bridgehead atoms. The lowest BCUT2D eigenvalue weighted by Crippen LogP contribution is -2.49. The fraction of sp³-hybridized carbons (Fsp3) is 0.647. The molecule has 0 radical (unpaired) electrons. The van der Waals surface area contributed by atoms with Crippen molar-refractivity contribution in [2.75, 3.05) is 39.9 Å². The van der Waals surface area contributed by atoms with Crippen LogP contribution in [0.5, 0.6) is 11.5 Å². The molecule has 1 heterocycles. The lowest BCUT2D eigenvalue weighted by molar-refractivity contribution is 0.127. The lowest BCUT2D eigenvalue weighted by atomic mass is 9.94. The molecule has 21 heavy (non-hydrogen) atoms. The van der Waals surface area contributed by atoms with Crippen molar-refractivity contribution >= 4 is 0 Å². The number of rotatable bonds is 7. The molecule has 1 aliphatic rings. The van der Waals surface area contributed by atoms with Crippen LogP contribution < -0.4 is 14.8 Å². The Bertz CT molecular complexity index is 425. The Balaban J connectivity index is 1.74. The van der Waals surface area contributed by atoms with Crippen LogP contribution in [0.1, 0.15) is 20.3 Å². The van der Waals surface area contributed by atoms with E-state index >= 15 is 0 Å². The summed E-state index contributed by atoms with van der Waals surface area (Å²) in [5.74, 6) is 2.33. The number of piperidine rings is 1. The van der Waals surface area contributed by atoms with Crippen molar-refractivity contribution in [2.24, 2.45) is 5.92 Å². The third-order valence-electron chi connectivity index (χ3n) is 4.19. The van der Waals surface area contributed by atoms with Gasteiger partial charge in [0.2, 0.25) is 0 Å². The van der Waals surface area contributed by atoms with Gasteiger partial charge in [-0.2, -0.15) is 0 Å². The Labute approximate surface area is 128 Å². The van der Waals surface area contributed by atoms with Crippen LogP contribution >= 0.6 is 0 Å². The van der Waals surface area contributed by atoms with Gasteiger partial charge in [-0.1, -0.05) is 26.0 Å². The fourth-order valence-electron chi connectivity index (χ4n) is 3.02. The smallest absolute Gasteiger partial charge is 0.161 e. The van der Waals surface area contributed by atoms with Crippen LogP contribution in [-0.4, -0.2) is 50.8 Å². The first kappa shape index (κ1) is 16.1. The van der Waals surface area contributed by atoms with Crippen LogP contribution in [0.15, 0.2) is 24.3 Å². The molecule has 118 valence electrons. The Kier molecular flexibility index (Phi) is 6.33. The van der Waals surface area contributed by atoms with Gasteiger partial charge in [0.05, 0.1) is 7.11 Å². The molecule has 2 unspecified atom stereocenters. The number of hydrogen-bond acceptors (Lipinski definition) is 4. The summed E-state index contributed by atoms with van der Waals surface area (Å²) < 4.78 is 11.2. The van der Waals surface area contributed by atoms with Gasteiger partial charge in [0, 0.05) is 19.1 Å². The first-order valence-corrected chi connectivity index (χ1v) is 7.96. The number of nitrogens with zero attached hydrogens (tertiary/aromatic N) is 1. The minimum absolute atomic E-state index is 0.668. The molecule has 1 N–H and O–H groups in total. The number of ether oxygens (including phenoxy) is 2.